The molecule has 0 fully saturated rings. The Morgan fingerprint density at radius 1 is 0.706 bits per heavy atom. The van der Waals surface area contributed by atoms with Crippen LogP contribution in [-0.2, 0) is 5.54 Å². The highest BCUT2D eigenvalue weighted by atomic mass is 16.4. The van der Waals surface area contributed by atoms with Gasteiger partial charge in [0.15, 0.2) is 0 Å². The summed E-state index contributed by atoms with van der Waals surface area (Å²) < 4.78 is 1.77. The first-order chi connectivity index (χ1) is 16.7. The third-order valence-corrected chi connectivity index (χ3v) is 5.86. The summed E-state index contributed by atoms with van der Waals surface area (Å²) in [6, 6.07) is 37.0. The van der Waals surface area contributed by atoms with E-state index in [1.807, 2.05) is 54.6 Å². The lowest BCUT2D eigenvalue weighted by molar-refractivity contribution is 0.0698. The van der Waals surface area contributed by atoms with Crippen molar-refractivity contribution in [3.8, 4) is 0 Å². The van der Waals surface area contributed by atoms with Gasteiger partial charge in [-0.15, -0.1) is 5.10 Å². The van der Waals surface area contributed by atoms with Crippen LogP contribution in [0.5, 0.6) is 0 Å². The van der Waals surface area contributed by atoms with Gasteiger partial charge in [-0.25, -0.2) is 9.48 Å². The van der Waals surface area contributed by atoms with Gasteiger partial charge in [0, 0.05) is 0 Å². The minimum Gasteiger partial charge on any atom is -0.478 e. The van der Waals surface area contributed by atoms with Gasteiger partial charge in [-0.3, -0.25) is 0 Å². The number of carboxylic acid groups (broad SMARTS) is 1. The number of nitrogens with zero attached hydrogens (tertiary/aromatic N) is 4. The van der Waals surface area contributed by atoms with E-state index in [-0.39, 0.29) is 5.56 Å². The van der Waals surface area contributed by atoms with Gasteiger partial charge in [0.1, 0.15) is 11.3 Å². The molecule has 1 N–H and O–H groups in total. The lowest BCUT2D eigenvalue weighted by atomic mass is 9.66. The minimum absolute atomic E-state index is 0.182. The summed E-state index contributed by atoms with van der Waals surface area (Å²) in [7, 11) is 1.72. The van der Waals surface area contributed by atoms with Crippen molar-refractivity contribution >= 4 is 24.4 Å². The summed E-state index contributed by atoms with van der Waals surface area (Å²) in [5, 5.41) is 22.5. The molecule has 34 heavy (non-hydrogen) atoms. The zero-order valence-electron chi connectivity index (χ0n) is 18.2. The molecule has 1 radical (unpaired) electrons. The van der Waals surface area contributed by atoms with Crippen LogP contribution in [0.2, 0.25) is 0 Å². The third kappa shape index (κ3) is 3.67. The average Bonchev–Trinajstić information content (AvgIpc) is 3.35. The van der Waals surface area contributed by atoms with Crippen LogP contribution in [-0.4, -0.2) is 38.6 Å². The molecule has 0 atom stereocenters. The van der Waals surface area contributed by atoms with E-state index < -0.39 is 11.5 Å². The largest absolute Gasteiger partial charge is 0.478 e. The topological polar surface area (TPSA) is 80.9 Å². The standard InChI is InChI=1S/C27H20BN4O2/c33-25(34)23-18-10-11-19-24(23)28-26-29-30-31-32(26)27(20-12-4-1-5-13-20,21-14-6-2-7-15-21)22-16-8-3-9-17-22/h1-19H,(H,33,34). The molecule has 163 valence electrons. The first-order valence-corrected chi connectivity index (χ1v) is 10.8. The van der Waals surface area contributed by atoms with Crippen molar-refractivity contribution in [3.05, 3.63) is 138 Å². The molecule has 5 aromatic rings. The smallest absolute Gasteiger partial charge is 0.335 e. The number of aromatic nitrogens is 4. The second-order valence-electron chi connectivity index (χ2n) is 7.79. The summed E-state index contributed by atoms with van der Waals surface area (Å²) in [6.07, 6.45) is 0. The second-order valence-corrected chi connectivity index (χ2v) is 7.79. The van der Waals surface area contributed by atoms with E-state index in [1.54, 1.807) is 36.2 Å². The number of hydrogen-bond donors (Lipinski definition) is 1. The van der Waals surface area contributed by atoms with Crippen LogP contribution in [0, 0.1) is 0 Å². The van der Waals surface area contributed by atoms with Crippen LogP contribution in [0.4, 0.5) is 0 Å². The van der Waals surface area contributed by atoms with E-state index in [0.717, 1.165) is 16.7 Å². The van der Waals surface area contributed by atoms with Crippen LogP contribution in [0.1, 0.15) is 27.0 Å². The van der Waals surface area contributed by atoms with Gasteiger partial charge in [-0.2, -0.15) is 0 Å². The first-order valence-electron chi connectivity index (χ1n) is 10.8. The van der Waals surface area contributed by atoms with E-state index >= 15 is 0 Å². The predicted octanol–water partition coefficient (Wildman–Crippen LogP) is 2.87. The van der Waals surface area contributed by atoms with Crippen LogP contribution in [0.15, 0.2) is 115 Å². The molecule has 0 spiro atoms. The zero-order chi connectivity index (χ0) is 23.4. The van der Waals surface area contributed by atoms with E-state index in [0.29, 0.717) is 11.2 Å². The van der Waals surface area contributed by atoms with Gasteiger partial charge in [0.2, 0.25) is 7.28 Å². The molecule has 6 nitrogen and oxygen atoms in total. The van der Waals surface area contributed by atoms with Crippen LogP contribution in [0.3, 0.4) is 0 Å². The van der Waals surface area contributed by atoms with Crippen molar-refractivity contribution in [1.82, 2.24) is 20.2 Å². The molecule has 0 amide bonds. The molecule has 0 saturated heterocycles. The van der Waals surface area contributed by atoms with Gasteiger partial charge in [-0.1, -0.05) is 115 Å². The summed E-state index contributed by atoms with van der Waals surface area (Å²) in [4.78, 5) is 11.8. The summed E-state index contributed by atoms with van der Waals surface area (Å²) in [6.45, 7) is 0. The fourth-order valence-electron chi connectivity index (χ4n) is 4.38. The highest BCUT2D eigenvalue weighted by molar-refractivity contribution is 6.67. The van der Waals surface area contributed by atoms with Crippen molar-refractivity contribution in [3.63, 3.8) is 0 Å². The molecule has 4 aromatic carbocycles. The number of rotatable bonds is 7. The molecule has 1 heterocycles. The quantitative estimate of drug-likeness (QED) is 0.309. The number of benzene rings is 4. The lowest BCUT2D eigenvalue weighted by Gasteiger charge is -2.36. The Hall–Kier alpha value is -4.52. The highest BCUT2D eigenvalue weighted by Crippen LogP contribution is 2.39. The molecule has 5 rings (SSSR count). The SMILES string of the molecule is O=C(O)c1ccccc1[B]c1nnnn1C(c1ccccc1)(c1ccccc1)c1ccccc1. The Labute approximate surface area is 197 Å². The van der Waals surface area contributed by atoms with E-state index in [4.69, 9.17) is 0 Å². The number of carbonyl (C=O) groups is 1. The normalized spacial score (nSPS) is 11.2. The van der Waals surface area contributed by atoms with Gasteiger partial charge < -0.3 is 5.11 Å². The van der Waals surface area contributed by atoms with Gasteiger partial charge in [0.25, 0.3) is 0 Å². The number of carboxylic acids is 1. The van der Waals surface area contributed by atoms with Crippen molar-refractivity contribution in [2.24, 2.45) is 0 Å². The third-order valence-electron chi connectivity index (χ3n) is 5.86. The molecule has 0 aliphatic rings. The molecule has 1 aromatic heterocycles. The maximum atomic E-state index is 11.8. The lowest BCUT2D eigenvalue weighted by Crippen LogP contribution is -2.48. The second kappa shape index (κ2) is 9.15. The van der Waals surface area contributed by atoms with Crippen molar-refractivity contribution in [2.75, 3.05) is 0 Å². The number of aromatic carboxylic acids is 1. The monoisotopic (exact) mass is 443 g/mol. The average molecular weight is 443 g/mol. The molecular formula is C27H20BN4O2. The Balaban J connectivity index is 1.79. The van der Waals surface area contributed by atoms with Gasteiger partial charge >= 0.3 is 5.97 Å². The van der Waals surface area contributed by atoms with E-state index in [9.17, 15) is 9.90 Å². The minimum atomic E-state index is -1.01. The molecule has 0 unspecified atom stereocenters. The van der Waals surface area contributed by atoms with Crippen LogP contribution < -0.4 is 11.2 Å². The zero-order valence-corrected chi connectivity index (χ0v) is 18.2. The van der Waals surface area contributed by atoms with E-state index in [1.165, 1.54) is 0 Å². The summed E-state index contributed by atoms with van der Waals surface area (Å²) in [5.74, 6) is -1.01. The number of tetrazole rings is 1. The fourth-order valence-corrected chi connectivity index (χ4v) is 4.38. The highest BCUT2D eigenvalue weighted by Gasteiger charge is 2.41. The van der Waals surface area contributed by atoms with Crippen molar-refractivity contribution in [2.45, 2.75) is 5.54 Å². The maximum absolute atomic E-state index is 11.8. The molecule has 0 aliphatic carbocycles. The summed E-state index contributed by atoms with van der Waals surface area (Å²) >= 11 is 0. The Morgan fingerprint density at radius 3 is 1.68 bits per heavy atom. The Kier molecular flexibility index (Phi) is 5.74. The predicted molar refractivity (Wildman–Crippen MR) is 131 cm³/mol. The van der Waals surface area contributed by atoms with Crippen LogP contribution in [0.25, 0.3) is 0 Å². The molecule has 0 aliphatic heterocycles. The van der Waals surface area contributed by atoms with Gasteiger partial charge in [-0.05, 0) is 33.2 Å². The van der Waals surface area contributed by atoms with Crippen LogP contribution >= 0.6 is 0 Å². The Bertz CT molecular complexity index is 1310. The van der Waals surface area contributed by atoms with Crippen molar-refractivity contribution in [1.29, 1.82) is 0 Å². The fraction of sp³-hybridized carbons (Fsp3) is 0.0370. The molecule has 7 heteroatoms. The first kappa shape index (κ1) is 21.3. The van der Waals surface area contributed by atoms with Gasteiger partial charge in [0.05, 0.1) is 5.56 Å². The summed E-state index contributed by atoms with van der Waals surface area (Å²) in [5.41, 5.74) is 3.17. The maximum Gasteiger partial charge on any atom is 0.335 e. The Morgan fingerprint density at radius 2 is 1.18 bits per heavy atom. The molecule has 0 saturated carbocycles. The molecular weight excluding hydrogens is 423 g/mol. The van der Waals surface area contributed by atoms with Crippen molar-refractivity contribution < 1.29 is 9.90 Å². The number of hydrogen-bond acceptors (Lipinski definition) is 4. The molecule has 0 bridgehead atoms. The van der Waals surface area contributed by atoms with E-state index in [2.05, 4.69) is 51.9 Å².